The van der Waals surface area contributed by atoms with Crippen molar-refractivity contribution in [3.05, 3.63) is 94.0 Å². The molecule has 0 spiro atoms. The van der Waals surface area contributed by atoms with Gasteiger partial charge in [-0.05, 0) is 66.9 Å². The maximum atomic E-state index is 12.5. The van der Waals surface area contributed by atoms with Crippen molar-refractivity contribution in [2.75, 3.05) is 16.0 Å². The summed E-state index contributed by atoms with van der Waals surface area (Å²) in [7, 11) is 0. The van der Waals surface area contributed by atoms with E-state index in [-0.39, 0.29) is 17.2 Å². The fourth-order valence-electron chi connectivity index (χ4n) is 3.87. The Labute approximate surface area is 212 Å². The lowest BCUT2D eigenvalue weighted by Crippen LogP contribution is -2.15. The smallest absolute Gasteiger partial charge is 0.256 e. The zero-order valence-corrected chi connectivity index (χ0v) is 20.3. The van der Waals surface area contributed by atoms with Crippen LogP contribution in [0.4, 0.5) is 23.0 Å². The van der Waals surface area contributed by atoms with E-state index in [1.165, 1.54) is 6.07 Å². The number of anilines is 4. The predicted molar refractivity (Wildman–Crippen MR) is 142 cm³/mol. The minimum Gasteiger partial charge on any atom is -0.507 e. The van der Waals surface area contributed by atoms with E-state index in [9.17, 15) is 19.5 Å². The molecule has 4 rings (SSSR count). The number of aromatic hydroxyl groups is 1. The van der Waals surface area contributed by atoms with Crippen LogP contribution in [-0.4, -0.2) is 33.4 Å². The molecule has 7 N–H and O–H groups in total. The van der Waals surface area contributed by atoms with Crippen LogP contribution in [0.25, 0.3) is 0 Å². The second-order valence-corrected chi connectivity index (χ2v) is 8.52. The Hall–Kier alpha value is -5.12. The highest BCUT2D eigenvalue weighted by molar-refractivity contribution is 6.05. The molecule has 4 aromatic rings. The first-order valence-electron chi connectivity index (χ1n) is 11.4. The Bertz CT molecular complexity index is 1450. The largest absolute Gasteiger partial charge is 0.507 e. The molecule has 0 unspecified atom stereocenters. The monoisotopic (exact) mass is 498 g/mol. The number of benzene rings is 3. The van der Waals surface area contributed by atoms with E-state index in [1.54, 1.807) is 42.5 Å². The minimum absolute atomic E-state index is 0.166. The first kappa shape index (κ1) is 25.0. The van der Waals surface area contributed by atoms with Crippen LogP contribution in [0.15, 0.2) is 60.7 Å². The van der Waals surface area contributed by atoms with Crippen LogP contribution in [0.1, 0.15) is 47.8 Å². The van der Waals surface area contributed by atoms with Crippen molar-refractivity contribution in [1.29, 1.82) is 0 Å². The standard InChI is InChI=1S/C27H26N6O4/c1-15-10-18(11-16(2)23(15)35)13-29-25-22(24(28)36)26(33-32-25)30-20-6-8-21(9-7-20)31-27(37)19-5-3-4-17(12-19)14-34/h3-12,14,35H,13H2,1-2H3,(H2,28,36)(H,31,37)(H3,29,30,32,33). The number of aromatic nitrogens is 2. The molecule has 2 amide bonds. The van der Waals surface area contributed by atoms with Gasteiger partial charge in [0.2, 0.25) is 0 Å². The number of nitrogens with one attached hydrogen (secondary N) is 4. The molecule has 1 heterocycles. The number of nitrogens with two attached hydrogens (primary N) is 1. The molecular weight excluding hydrogens is 472 g/mol. The lowest BCUT2D eigenvalue weighted by molar-refractivity contribution is 0.0998. The predicted octanol–water partition coefficient (Wildman–Crippen LogP) is 4.25. The van der Waals surface area contributed by atoms with Crippen LogP contribution in [0, 0.1) is 13.8 Å². The molecule has 1 aromatic heterocycles. The van der Waals surface area contributed by atoms with Crippen molar-refractivity contribution in [2.24, 2.45) is 5.73 Å². The molecule has 10 heteroatoms. The van der Waals surface area contributed by atoms with Gasteiger partial charge in [-0.2, -0.15) is 5.10 Å². The van der Waals surface area contributed by atoms with Gasteiger partial charge in [-0.15, -0.1) is 0 Å². The van der Waals surface area contributed by atoms with Gasteiger partial charge >= 0.3 is 0 Å². The minimum atomic E-state index is -0.668. The lowest BCUT2D eigenvalue weighted by Gasteiger charge is -2.10. The van der Waals surface area contributed by atoms with Gasteiger partial charge in [-0.1, -0.05) is 24.3 Å². The highest BCUT2D eigenvalue weighted by Gasteiger charge is 2.19. The Balaban J connectivity index is 1.44. The number of H-pyrrole nitrogens is 1. The quantitative estimate of drug-likeness (QED) is 0.188. The molecule has 0 radical (unpaired) electrons. The lowest BCUT2D eigenvalue weighted by atomic mass is 10.1. The third-order valence-corrected chi connectivity index (χ3v) is 5.72. The maximum absolute atomic E-state index is 12.5. The van der Waals surface area contributed by atoms with Crippen LogP contribution >= 0.6 is 0 Å². The summed E-state index contributed by atoms with van der Waals surface area (Å²) in [6, 6.07) is 16.9. The number of aryl methyl sites for hydroxylation is 2. The van der Waals surface area contributed by atoms with Crippen molar-refractivity contribution in [2.45, 2.75) is 20.4 Å². The van der Waals surface area contributed by atoms with Gasteiger partial charge in [-0.3, -0.25) is 19.5 Å². The SMILES string of the molecule is Cc1cc(CNc2n[nH]c(Nc3ccc(NC(=O)c4cccc(C=O)c4)cc3)c2C(N)=O)cc(C)c1O. The summed E-state index contributed by atoms with van der Waals surface area (Å²) >= 11 is 0. The highest BCUT2D eigenvalue weighted by atomic mass is 16.3. The number of rotatable bonds is 9. The number of aldehydes is 1. The summed E-state index contributed by atoms with van der Waals surface area (Å²) in [5.74, 6) is -0.150. The number of primary amides is 1. The van der Waals surface area contributed by atoms with E-state index < -0.39 is 5.91 Å². The van der Waals surface area contributed by atoms with Gasteiger partial charge in [-0.25, -0.2) is 0 Å². The Kier molecular flexibility index (Phi) is 7.19. The summed E-state index contributed by atoms with van der Waals surface area (Å²) < 4.78 is 0. The topological polar surface area (TPSA) is 162 Å². The Morgan fingerprint density at radius 2 is 1.70 bits per heavy atom. The molecular formula is C27H26N6O4. The van der Waals surface area contributed by atoms with Crippen molar-refractivity contribution < 1.29 is 19.5 Å². The van der Waals surface area contributed by atoms with E-state index in [1.807, 2.05) is 26.0 Å². The summed E-state index contributed by atoms with van der Waals surface area (Å²) in [6.07, 6.45) is 0.684. The third kappa shape index (κ3) is 5.76. The number of carbonyl (C=O) groups is 3. The van der Waals surface area contributed by atoms with Crippen molar-refractivity contribution in [3.8, 4) is 5.75 Å². The highest BCUT2D eigenvalue weighted by Crippen LogP contribution is 2.27. The molecule has 0 aliphatic carbocycles. The van der Waals surface area contributed by atoms with Crippen LogP contribution in [0.2, 0.25) is 0 Å². The summed E-state index contributed by atoms with van der Waals surface area (Å²) in [6.45, 7) is 4.01. The molecule has 0 aliphatic rings. The number of carbonyl (C=O) groups excluding carboxylic acids is 3. The van der Waals surface area contributed by atoms with Crippen LogP contribution in [-0.2, 0) is 6.54 Å². The number of hydrogen-bond donors (Lipinski definition) is 6. The first-order chi connectivity index (χ1) is 17.7. The van der Waals surface area contributed by atoms with Crippen LogP contribution in [0.3, 0.4) is 0 Å². The van der Waals surface area contributed by atoms with Gasteiger partial charge in [0.05, 0.1) is 0 Å². The number of aromatic amines is 1. The average molecular weight is 499 g/mol. The molecule has 188 valence electrons. The number of nitrogens with zero attached hydrogens (tertiary/aromatic N) is 1. The van der Waals surface area contributed by atoms with Crippen LogP contribution < -0.4 is 21.7 Å². The van der Waals surface area contributed by atoms with Crippen molar-refractivity contribution in [3.63, 3.8) is 0 Å². The second-order valence-electron chi connectivity index (χ2n) is 8.52. The molecule has 0 saturated carbocycles. The maximum Gasteiger partial charge on any atom is 0.256 e. The van der Waals surface area contributed by atoms with E-state index >= 15 is 0 Å². The molecule has 10 nitrogen and oxygen atoms in total. The third-order valence-electron chi connectivity index (χ3n) is 5.72. The van der Waals surface area contributed by atoms with E-state index in [0.29, 0.717) is 47.0 Å². The molecule has 0 fully saturated rings. The van der Waals surface area contributed by atoms with Gasteiger partial charge < -0.3 is 26.8 Å². The molecule has 0 aliphatic heterocycles. The average Bonchev–Trinajstić information content (AvgIpc) is 3.29. The zero-order valence-electron chi connectivity index (χ0n) is 20.3. The summed E-state index contributed by atoms with van der Waals surface area (Å²) in [5.41, 5.74) is 10.2. The van der Waals surface area contributed by atoms with Crippen molar-refractivity contribution in [1.82, 2.24) is 10.2 Å². The van der Waals surface area contributed by atoms with Gasteiger partial charge in [0.15, 0.2) is 5.82 Å². The Morgan fingerprint density at radius 1 is 1.03 bits per heavy atom. The zero-order chi connectivity index (χ0) is 26.5. The fraction of sp³-hybridized carbons (Fsp3) is 0.111. The van der Waals surface area contributed by atoms with Crippen LogP contribution in [0.5, 0.6) is 5.75 Å². The van der Waals surface area contributed by atoms with Gasteiger partial charge in [0.1, 0.15) is 23.4 Å². The van der Waals surface area contributed by atoms with Gasteiger partial charge in [0.25, 0.3) is 11.8 Å². The molecule has 0 bridgehead atoms. The first-order valence-corrected chi connectivity index (χ1v) is 11.4. The summed E-state index contributed by atoms with van der Waals surface area (Å²) in [4.78, 5) is 35.6. The van der Waals surface area contributed by atoms with Crippen molar-refractivity contribution >= 4 is 41.1 Å². The molecule has 37 heavy (non-hydrogen) atoms. The number of hydrogen-bond acceptors (Lipinski definition) is 7. The van der Waals surface area contributed by atoms with Gasteiger partial charge in [0, 0.05) is 29.0 Å². The fourth-order valence-corrected chi connectivity index (χ4v) is 3.87. The number of phenols is 1. The molecule has 3 aromatic carbocycles. The number of phenolic OH excluding ortho intramolecular Hbond substituents is 1. The molecule has 0 atom stereocenters. The molecule has 0 saturated heterocycles. The van der Waals surface area contributed by atoms with E-state index in [0.717, 1.165) is 16.7 Å². The van der Waals surface area contributed by atoms with E-state index in [2.05, 4.69) is 26.1 Å². The number of amides is 2. The normalized spacial score (nSPS) is 10.5. The summed E-state index contributed by atoms with van der Waals surface area (Å²) in [5, 5.41) is 25.9. The van der Waals surface area contributed by atoms with E-state index in [4.69, 9.17) is 5.73 Å². The second kappa shape index (κ2) is 10.6. The Morgan fingerprint density at radius 3 is 2.35 bits per heavy atom.